The zero-order valence-corrected chi connectivity index (χ0v) is 20.2. The molecule has 1 aliphatic heterocycles. The third kappa shape index (κ3) is 4.97. The molecule has 0 saturated heterocycles. The fourth-order valence-electron chi connectivity index (χ4n) is 4.24. The molecule has 0 bridgehead atoms. The van der Waals surface area contributed by atoms with Crippen molar-refractivity contribution >= 4 is 23.3 Å². The Balaban J connectivity index is 1.40. The van der Waals surface area contributed by atoms with E-state index in [4.69, 9.17) is 5.10 Å². The van der Waals surface area contributed by atoms with Crippen molar-refractivity contribution in [3.8, 4) is 0 Å². The average Bonchev–Trinajstić information content (AvgIpc) is 3.50. The number of carbonyl (C=O) groups excluding carboxylic acids is 2. The molecule has 2 amide bonds. The number of nitrogens with zero attached hydrogens (tertiary/aromatic N) is 6. The maximum atomic E-state index is 13.2. The van der Waals surface area contributed by atoms with Crippen molar-refractivity contribution in [1.82, 2.24) is 34.6 Å². The van der Waals surface area contributed by atoms with E-state index in [2.05, 4.69) is 32.0 Å². The molecular formula is C25H25N7O2S. The van der Waals surface area contributed by atoms with E-state index in [0.29, 0.717) is 48.9 Å². The molecule has 1 aromatic carbocycles. The van der Waals surface area contributed by atoms with E-state index in [1.807, 2.05) is 41.1 Å². The van der Waals surface area contributed by atoms with Crippen LogP contribution in [0.5, 0.6) is 0 Å². The summed E-state index contributed by atoms with van der Waals surface area (Å²) >= 11 is 1.10. The third-order valence-corrected chi connectivity index (χ3v) is 6.91. The van der Waals surface area contributed by atoms with Gasteiger partial charge in [0.2, 0.25) is 0 Å². The van der Waals surface area contributed by atoms with Crippen LogP contribution >= 0.6 is 11.5 Å². The molecule has 3 aromatic heterocycles. The van der Waals surface area contributed by atoms with Gasteiger partial charge in [-0.1, -0.05) is 40.9 Å². The number of benzene rings is 1. The third-order valence-electron chi connectivity index (χ3n) is 6.09. The van der Waals surface area contributed by atoms with Gasteiger partial charge in [0, 0.05) is 37.0 Å². The number of aryl methyl sites for hydroxylation is 3. The number of aromatic nitrogens is 5. The first-order chi connectivity index (χ1) is 17.1. The number of pyridine rings is 1. The number of nitrogens with one attached hydrogen (secondary N) is 1. The Morgan fingerprint density at radius 3 is 2.69 bits per heavy atom. The van der Waals surface area contributed by atoms with Gasteiger partial charge >= 0.3 is 0 Å². The van der Waals surface area contributed by atoms with Gasteiger partial charge in [-0.05, 0) is 42.6 Å². The molecular weight excluding hydrogens is 462 g/mol. The minimum atomic E-state index is -0.268. The lowest BCUT2D eigenvalue weighted by Crippen LogP contribution is -2.37. The number of rotatable bonds is 7. The summed E-state index contributed by atoms with van der Waals surface area (Å²) in [6, 6.07) is 15.8. The summed E-state index contributed by atoms with van der Waals surface area (Å²) in [5, 5.41) is 11.6. The molecule has 0 unspecified atom stereocenters. The van der Waals surface area contributed by atoms with E-state index in [1.54, 1.807) is 18.0 Å². The fourth-order valence-corrected chi connectivity index (χ4v) is 4.86. The van der Waals surface area contributed by atoms with Gasteiger partial charge in [-0.15, -0.1) is 5.10 Å². The molecule has 0 fully saturated rings. The molecule has 4 heterocycles. The molecule has 10 heteroatoms. The number of amides is 2. The molecule has 4 aromatic rings. The Hall–Kier alpha value is -3.92. The lowest BCUT2D eigenvalue weighted by molar-refractivity contribution is 0.0734. The second-order valence-electron chi connectivity index (χ2n) is 8.40. The van der Waals surface area contributed by atoms with Crippen LogP contribution in [0.2, 0.25) is 0 Å². The monoisotopic (exact) mass is 487 g/mol. The predicted octanol–water partition coefficient (Wildman–Crippen LogP) is 2.81. The second-order valence-corrected chi connectivity index (χ2v) is 9.15. The Labute approximate surface area is 207 Å². The van der Waals surface area contributed by atoms with Gasteiger partial charge in [0.1, 0.15) is 4.88 Å². The minimum absolute atomic E-state index is 0.111. The first-order valence-corrected chi connectivity index (χ1v) is 12.3. The second kappa shape index (κ2) is 10.1. The summed E-state index contributed by atoms with van der Waals surface area (Å²) in [4.78, 5) is 32.9. The van der Waals surface area contributed by atoms with Gasteiger partial charge in [0.25, 0.3) is 11.8 Å². The van der Waals surface area contributed by atoms with E-state index < -0.39 is 0 Å². The molecule has 1 aliphatic rings. The van der Waals surface area contributed by atoms with Crippen LogP contribution in [0, 0.1) is 6.92 Å². The van der Waals surface area contributed by atoms with Crippen molar-refractivity contribution < 1.29 is 9.59 Å². The van der Waals surface area contributed by atoms with Crippen molar-refractivity contribution in [2.45, 2.75) is 39.4 Å². The molecule has 5 rings (SSSR count). The number of hydrogen-bond acceptors (Lipinski definition) is 7. The summed E-state index contributed by atoms with van der Waals surface area (Å²) in [7, 11) is 0. The zero-order valence-electron chi connectivity index (χ0n) is 19.3. The largest absolute Gasteiger partial charge is 0.345 e. The van der Waals surface area contributed by atoms with E-state index in [-0.39, 0.29) is 11.8 Å². The average molecular weight is 488 g/mol. The first-order valence-electron chi connectivity index (χ1n) is 11.5. The Kier molecular flexibility index (Phi) is 6.62. The normalized spacial score (nSPS) is 12.9. The first kappa shape index (κ1) is 22.9. The zero-order chi connectivity index (χ0) is 24.2. The van der Waals surface area contributed by atoms with Gasteiger partial charge in [0.05, 0.1) is 24.5 Å². The quantitative estimate of drug-likeness (QED) is 0.430. The molecule has 0 atom stereocenters. The van der Waals surface area contributed by atoms with E-state index in [0.717, 1.165) is 34.9 Å². The SMILES string of the molecule is Cc1nnsc1C(=O)N1CCc2c(c(C(=O)NCc3ccccn3)nn2CCc2ccccc2)C1. The fraction of sp³-hybridized carbons (Fsp3) is 0.280. The summed E-state index contributed by atoms with van der Waals surface area (Å²) in [5.41, 5.74) is 4.76. The summed E-state index contributed by atoms with van der Waals surface area (Å²) < 4.78 is 5.83. The van der Waals surface area contributed by atoms with Crippen LogP contribution in [0.25, 0.3) is 0 Å². The van der Waals surface area contributed by atoms with Crippen molar-refractivity contribution in [3.05, 3.63) is 93.5 Å². The highest BCUT2D eigenvalue weighted by Gasteiger charge is 2.31. The van der Waals surface area contributed by atoms with Crippen LogP contribution in [-0.2, 0) is 32.5 Å². The minimum Gasteiger partial charge on any atom is -0.345 e. The molecule has 0 spiro atoms. The topological polar surface area (TPSA) is 106 Å². The molecule has 0 aliphatic carbocycles. The summed E-state index contributed by atoms with van der Waals surface area (Å²) in [5.74, 6) is -0.379. The number of fused-ring (bicyclic) bond motifs is 1. The molecule has 0 radical (unpaired) electrons. The highest BCUT2D eigenvalue weighted by atomic mass is 32.1. The van der Waals surface area contributed by atoms with Gasteiger partial charge in [-0.2, -0.15) is 5.10 Å². The summed E-state index contributed by atoms with van der Waals surface area (Å²) in [6.07, 6.45) is 3.13. The maximum absolute atomic E-state index is 13.2. The van der Waals surface area contributed by atoms with Crippen LogP contribution in [0.15, 0.2) is 54.7 Å². The van der Waals surface area contributed by atoms with Crippen molar-refractivity contribution in [2.24, 2.45) is 0 Å². The van der Waals surface area contributed by atoms with Gasteiger partial charge < -0.3 is 10.2 Å². The number of hydrogen-bond donors (Lipinski definition) is 1. The van der Waals surface area contributed by atoms with Crippen LogP contribution in [0.4, 0.5) is 0 Å². The van der Waals surface area contributed by atoms with E-state index in [9.17, 15) is 9.59 Å². The molecule has 9 nitrogen and oxygen atoms in total. The van der Waals surface area contributed by atoms with E-state index >= 15 is 0 Å². The standard InChI is InChI=1S/C25H25N7O2S/c1-17-23(35-30-28-17)25(34)31-13-11-21-20(16-31)22(24(33)27-15-19-9-5-6-12-26-19)29-32(21)14-10-18-7-3-2-4-8-18/h2-9,12H,10-11,13-16H2,1H3,(H,27,33). The van der Waals surface area contributed by atoms with Crippen LogP contribution in [-0.4, -0.2) is 47.6 Å². The van der Waals surface area contributed by atoms with Gasteiger partial charge in [-0.3, -0.25) is 19.3 Å². The van der Waals surface area contributed by atoms with Crippen LogP contribution in [0.3, 0.4) is 0 Å². The van der Waals surface area contributed by atoms with Crippen LogP contribution < -0.4 is 5.32 Å². The Bertz CT molecular complexity index is 1330. The van der Waals surface area contributed by atoms with Crippen molar-refractivity contribution in [3.63, 3.8) is 0 Å². The number of carbonyl (C=O) groups is 2. The van der Waals surface area contributed by atoms with Crippen LogP contribution in [0.1, 0.15) is 48.4 Å². The lowest BCUT2D eigenvalue weighted by atomic mass is 10.0. The van der Waals surface area contributed by atoms with E-state index in [1.165, 1.54) is 5.56 Å². The van der Waals surface area contributed by atoms with Gasteiger partial charge in [-0.25, -0.2) is 0 Å². The summed E-state index contributed by atoms with van der Waals surface area (Å²) in [6.45, 7) is 3.62. The molecule has 178 valence electrons. The van der Waals surface area contributed by atoms with Crippen molar-refractivity contribution in [1.29, 1.82) is 0 Å². The predicted molar refractivity (Wildman–Crippen MR) is 131 cm³/mol. The molecule has 1 N–H and O–H groups in total. The molecule has 0 saturated carbocycles. The van der Waals surface area contributed by atoms with Crippen molar-refractivity contribution in [2.75, 3.05) is 6.54 Å². The maximum Gasteiger partial charge on any atom is 0.272 e. The highest BCUT2D eigenvalue weighted by molar-refractivity contribution is 7.07. The Morgan fingerprint density at radius 2 is 1.94 bits per heavy atom. The highest BCUT2D eigenvalue weighted by Crippen LogP contribution is 2.26. The smallest absolute Gasteiger partial charge is 0.272 e. The van der Waals surface area contributed by atoms with Gasteiger partial charge in [0.15, 0.2) is 5.69 Å². The molecule has 35 heavy (non-hydrogen) atoms. The Morgan fingerprint density at radius 1 is 1.11 bits per heavy atom. The lowest BCUT2D eigenvalue weighted by Gasteiger charge is -2.27.